The Labute approximate surface area is 133 Å². The molecule has 5 nitrogen and oxygen atoms in total. The van der Waals surface area contributed by atoms with Crippen LogP contribution in [-0.4, -0.2) is 49.2 Å². The molecule has 128 valence electrons. The van der Waals surface area contributed by atoms with Crippen molar-refractivity contribution < 1.29 is 24.5 Å². The molecule has 0 bridgehead atoms. The number of aliphatic hydroxyl groups excluding tert-OH is 2. The molecule has 0 fully saturated rings. The Morgan fingerprint density at radius 1 is 1.00 bits per heavy atom. The van der Waals surface area contributed by atoms with Gasteiger partial charge < -0.3 is 19.7 Å². The first-order valence-electron chi connectivity index (χ1n) is 7.69. The first-order chi connectivity index (χ1) is 10.7. The number of unbranched alkanes of at least 4 members (excludes halogenated alkanes) is 1. The van der Waals surface area contributed by atoms with Crippen LogP contribution in [0, 0.1) is 0 Å². The van der Waals surface area contributed by atoms with Crippen LogP contribution in [0.25, 0.3) is 0 Å². The van der Waals surface area contributed by atoms with Gasteiger partial charge in [-0.05, 0) is 32.4 Å². The molecule has 0 saturated heterocycles. The van der Waals surface area contributed by atoms with Crippen molar-refractivity contribution in [2.24, 2.45) is 0 Å². The third kappa shape index (κ3) is 16.6. The van der Waals surface area contributed by atoms with E-state index in [9.17, 15) is 4.79 Å². The van der Waals surface area contributed by atoms with Gasteiger partial charge in [0.05, 0.1) is 25.4 Å². The molecule has 0 amide bonds. The van der Waals surface area contributed by atoms with Crippen molar-refractivity contribution in [2.75, 3.05) is 33.0 Å². The van der Waals surface area contributed by atoms with E-state index in [0.29, 0.717) is 12.2 Å². The quantitative estimate of drug-likeness (QED) is 0.598. The molecule has 0 aliphatic heterocycles. The predicted octanol–water partition coefficient (Wildman–Crippen LogP) is 2.66. The summed E-state index contributed by atoms with van der Waals surface area (Å²) >= 11 is 0. The zero-order valence-electron chi connectivity index (χ0n) is 14.0. The van der Waals surface area contributed by atoms with Gasteiger partial charge in [0.2, 0.25) is 0 Å². The Hall–Kier alpha value is -1.43. The number of carbonyl (C=O) groups excluding carboxylic acids is 1. The van der Waals surface area contributed by atoms with E-state index in [1.165, 1.54) is 0 Å². The maximum absolute atomic E-state index is 11.3. The van der Waals surface area contributed by atoms with Gasteiger partial charge in [-0.1, -0.05) is 31.5 Å². The molecule has 1 rings (SSSR count). The van der Waals surface area contributed by atoms with Crippen LogP contribution in [0.2, 0.25) is 0 Å². The standard InChI is InChI=1S/C11H14O2.C4H10O.C2H6O2/c1-2-3-9-13-11(12)10-7-5-4-6-8-10;1-3-5-4-2;3-1-2-4/h4-8H,2-3,9H2,1H3;3-4H2,1-2H3;3-4H,1-2H2. The molecule has 0 atom stereocenters. The lowest BCUT2D eigenvalue weighted by molar-refractivity contribution is 0.0499. The van der Waals surface area contributed by atoms with Gasteiger partial charge in [-0.15, -0.1) is 0 Å². The summed E-state index contributed by atoms with van der Waals surface area (Å²) in [7, 11) is 0. The lowest BCUT2D eigenvalue weighted by Gasteiger charge is -2.02. The Balaban J connectivity index is 0. The van der Waals surface area contributed by atoms with Crippen LogP contribution in [0.5, 0.6) is 0 Å². The highest BCUT2D eigenvalue weighted by atomic mass is 16.5. The van der Waals surface area contributed by atoms with Crippen molar-refractivity contribution in [2.45, 2.75) is 33.6 Å². The molecule has 0 aliphatic carbocycles. The number of esters is 1. The van der Waals surface area contributed by atoms with Crippen molar-refractivity contribution in [3.05, 3.63) is 35.9 Å². The SMILES string of the molecule is CCCCOC(=O)c1ccccc1.CCOCC.OCCO. The van der Waals surface area contributed by atoms with Gasteiger partial charge in [-0.2, -0.15) is 0 Å². The zero-order chi connectivity index (χ0) is 17.1. The average Bonchev–Trinajstić information content (AvgIpc) is 2.57. The van der Waals surface area contributed by atoms with Crippen molar-refractivity contribution in [1.29, 1.82) is 0 Å². The molecule has 0 spiro atoms. The lowest BCUT2D eigenvalue weighted by Crippen LogP contribution is -2.05. The molecule has 0 radical (unpaired) electrons. The fourth-order valence-corrected chi connectivity index (χ4v) is 1.17. The summed E-state index contributed by atoms with van der Waals surface area (Å²) in [5.74, 6) is -0.228. The van der Waals surface area contributed by atoms with Gasteiger partial charge in [-0.3, -0.25) is 0 Å². The summed E-state index contributed by atoms with van der Waals surface area (Å²) in [4.78, 5) is 11.3. The molecule has 2 N–H and O–H groups in total. The fraction of sp³-hybridized carbons (Fsp3) is 0.588. The molecule has 1 aromatic carbocycles. The van der Waals surface area contributed by atoms with Gasteiger partial charge >= 0.3 is 5.97 Å². The van der Waals surface area contributed by atoms with E-state index in [1.54, 1.807) is 12.1 Å². The second-order valence-electron chi connectivity index (χ2n) is 4.08. The molecule has 0 aromatic heterocycles. The minimum Gasteiger partial charge on any atom is -0.462 e. The highest BCUT2D eigenvalue weighted by Crippen LogP contribution is 2.01. The number of aliphatic hydroxyl groups is 2. The summed E-state index contributed by atoms with van der Waals surface area (Å²) < 4.78 is 9.86. The summed E-state index contributed by atoms with van der Waals surface area (Å²) in [6, 6.07) is 9.05. The molecule has 0 unspecified atom stereocenters. The van der Waals surface area contributed by atoms with Crippen molar-refractivity contribution in [1.82, 2.24) is 0 Å². The van der Waals surface area contributed by atoms with E-state index < -0.39 is 0 Å². The molecule has 5 heteroatoms. The van der Waals surface area contributed by atoms with Crippen LogP contribution in [0.1, 0.15) is 44.0 Å². The van der Waals surface area contributed by atoms with Crippen molar-refractivity contribution >= 4 is 5.97 Å². The number of carbonyl (C=O) groups is 1. The van der Waals surface area contributed by atoms with Crippen molar-refractivity contribution in [3.8, 4) is 0 Å². The topological polar surface area (TPSA) is 76.0 Å². The van der Waals surface area contributed by atoms with E-state index in [1.807, 2.05) is 32.0 Å². The zero-order valence-corrected chi connectivity index (χ0v) is 14.0. The maximum atomic E-state index is 11.3. The first-order valence-corrected chi connectivity index (χ1v) is 7.69. The lowest BCUT2D eigenvalue weighted by atomic mass is 10.2. The van der Waals surface area contributed by atoms with Crippen LogP contribution >= 0.6 is 0 Å². The smallest absolute Gasteiger partial charge is 0.338 e. The summed E-state index contributed by atoms with van der Waals surface area (Å²) in [6.07, 6.45) is 1.97. The minimum absolute atomic E-state index is 0.125. The molecule has 0 aliphatic rings. The highest BCUT2D eigenvalue weighted by molar-refractivity contribution is 5.89. The van der Waals surface area contributed by atoms with Gasteiger partial charge in [-0.25, -0.2) is 4.79 Å². The maximum Gasteiger partial charge on any atom is 0.338 e. The van der Waals surface area contributed by atoms with Crippen LogP contribution in [0.4, 0.5) is 0 Å². The van der Waals surface area contributed by atoms with Crippen molar-refractivity contribution in [3.63, 3.8) is 0 Å². The molecular weight excluding hydrogens is 284 g/mol. The van der Waals surface area contributed by atoms with Crippen LogP contribution in [0.15, 0.2) is 30.3 Å². The number of hydrogen-bond donors (Lipinski definition) is 2. The summed E-state index contributed by atoms with van der Waals surface area (Å²) in [5, 5.41) is 15.2. The predicted molar refractivity (Wildman–Crippen MR) is 88.0 cm³/mol. The molecule has 0 saturated carbocycles. The van der Waals surface area contributed by atoms with E-state index in [0.717, 1.165) is 26.1 Å². The van der Waals surface area contributed by atoms with E-state index in [4.69, 9.17) is 19.7 Å². The summed E-state index contributed by atoms with van der Waals surface area (Å²) in [6.45, 7) is 8.00. The Bertz CT molecular complexity index is 323. The number of rotatable bonds is 7. The molecule has 1 aromatic rings. The molecular formula is C17H30O5. The highest BCUT2D eigenvalue weighted by Gasteiger charge is 2.03. The third-order valence-corrected chi connectivity index (χ3v) is 2.25. The minimum atomic E-state index is -0.228. The number of benzene rings is 1. The van der Waals surface area contributed by atoms with Crippen LogP contribution < -0.4 is 0 Å². The second kappa shape index (κ2) is 19.6. The Morgan fingerprint density at radius 3 is 1.91 bits per heavy atom. The van der Waals surface area contributed by atoms with Crippen LogP contribution in [0.3, 0.4) is 0 Å². The summed E-state index contributed by atoms with van der Waals surface area (Å²) in [5.41, 5.74) is 0.624. The van der Waals surface area contributed by atoms with Gasteiger partial charge in [0.25, 0.3) is 0 Å². The van der Waals surface area contributed by atoms with E-state index in [2.05, 4.69) is 6.92 Å². The Kier molecular flexibility index (Phi) is 20.3. The fourth-order valence-electron chi connectivity index (χ4n) is 1.17. The van der Waals surface area contributed by atoms with Gasteiger partial charge in [0, 0.05) is 13.2 Å². The molecule has 22 heavy (non-hydrogen) atoms. The van der Waals surface area contributed by atoms with E-state index in [-0.39, 0.29) is 19.2 Å². The van der Waals surface area contributed by atoms with Gasteiger partial charge in [0.15, 0.2) is 0 Å². The van der Waals surface area contributed by atoms with Gasteiger partial charge in [0.1, 0.15) is 0 Å². The van der Waals surface area contributed by atoms with Crippen LogP contribution in [-0.2, 0) is 9.47 Å². The Morgan fingerprint density at radius 2 is 1.55 bits per heavy atom. The largest absolute Gasteiger partial charge is 0.462 e. The third-order valence-electron chi connectivity index (χ3n) is 2.25. The number of hydrogen-bond acceptors (Lipinski definition) is 5. The van der Waals surface area contributed by atoms with E-state index >= 15 is 0 Å². The second-order valence-corrected chi connectivity index (χ2v) is 4.08. The molecule has 0 heterocycles. The number of ether oxygens (including phenoxy) is 2. The first kappa shape index (κ1) is 22.8. The average molecular weight is 314 g/mol. The monoisotopic (exact) mass is 314 g/mol. The normalized spacial score (nSPS) is 8.95.